The lowest BCUT2D eigenvalue weighted by Gasteiger charge is -2.08. The highest BCUT2D eigenvalue weighted by atomic mass is 16.6. The van der Waals surface area contributed by atoms with Gasteiger partial charge in [-0.2, -0.15) is 0 Å². The van der Waals surface area contributed by atoms with Crippen molar-refractivity contribution in [2.45, 2.75) is 12.6 Å². The van der Waals surface area contributed by atoms with E-state index >= 15 is 0 Å². The monoisotopic (exact) mass is 226 g/mol. The number of rotatable bonds is 6. The van der Waals surface area contributed by atoms with Crippen LogP contribution in [-0.2, 0) is 6.54 Å². The fraction of sp³-hybridized carbons (Fsp3) is 0.400. The molecule has 0 aliphatic rings. The minimum Gasteiger partial charge on any atom is -0.394 e. The van der Waals surface area contributed by atoms with Crippen LogP contribution in [0.4, 0.5) is 5.69 Å². The normalized spacial score (nSPS) is 12.4. The van der Waals surface area contributed by atoms with Crippen molar-refractivity contribution in [2.75, 3.05) is 13.2 Å². The van der Waals surface area contributed by atoms with Gasteiger partial charge in [-0.15, -0.1) is 0 Å². The third kappa shape index (κ3) is 3.93. The summed E-state index contributed by atoms with van der Waals surface area (Å²) in [5.41, 5.74) is 0.940. The Labute approximate surface area is 92.7 Å². The number of hydrogen-bond acceptors (Lipinski definition) is 5. The van der Waals surface area contributed by atoms with Gasteiger partial charge in [0.15, 0.2) is 0 Å². The molecule has 3 N–H and O–H groups in total. The van der Waals surface area contributed by atoms with E-state index in [0.29, 0.717) is 6.54 Å². The summed E-state index contributed by atoms with van der Waals surface area (Å²) < 4.78 is 0. The molecule has 1 atom stereocenters. The van der Waals surface area contributed by atoms with Crippen LogP contribution >= 0.6 is 0 Å². The summed E-state index contributed by atoms with van der Waals surface area (Å²) in [7, 11) is 0. The number of benzene rings is 1. The van der Waals surface area contributed by atoms with Crippen molar-refractivity contribution in [1.82, 2.24) is 5.32 Å². The number of hydrogen-bond donors (Lipinski definition) is 3. The Hall–Kier alpha value is -1.50. The Kier molecular flexibility index (Phi) is 4.84. The number of aliphatic hydroxyl groups is 2. The van der Waals surface area contributed by atoms with E-state index in [1.807, 2.05) is 0 Å². The van der Waals surface area contributed by atoms with E-state index in [0.717, 1.165) is 5.56 Å². The van der Waals surface area contributed by atoms with Crippen LogP contribution in [0.5, 0.6) is 0 Å². The summed E-state index contributed by atoms with van der Waals surface area (Å²) in [5.74, 6) is 0. The highest BCUT2D eigenvalue weighted by molar-refractivity contribution is 5.32. The lowest BCUT2D eigenvalue weighted by atomic mass is 10.2. The zero-order valence-electron chi connectivity index (χ0n) is 8.67. The fourth-order valence-electron chi connectivity index (χ4n) is 1.18. The van der Waals surface area contributed by atoms with Crippen LogP contribution in [0, 0.1) is 10.1 Å². The van der Waals surface area contributed by atoms with Gasteiger partial charge in [0.25, 0.3) is 5.69 Å². The minimum absolute atomic E-state index is 0.0548. The van der Waals surface area contributed by atoms with Crippen LogP contribution in [0.25, 0.3) is 0 Å². The van der Waals surface area contributed by atoms with Gasteiger partial charge in [-0.3, -0.25) is 10.1 Å². The third-order valence-electron chi connectivity index (χ3n) is 2.07. The van der Waals surface area contributed by atoms with E-state index in [-0.39, 0.29) is 18.8 Å². The molecule has 16 heavy (non-hydrogen) atoms. The second-order valence-electron chi connectivity index (χ2n) is 3.39. The Morgan fingerprint density at radius 3 is 2.50 bits per heavy atom. The maximum absolute atomic E-state index is 10.4. The highest BCUT2D eigenvalue weighted by Gasteiger charge is 2.04. The number of nitrogens with one attached hydrogen (secondary N) is 1. The minimum atomic E-state index is -0.780. The van der Waals surface area contributed by atoms with Gasteiger partial charge in [-0.05, 0) is 5.56 Å². The van der Waals surface area contributed by atoms with Gasteiger partial charge in [0, 0.05) is 25.2 Å². The number of nitro groups is 1. The maximum atomic E-state index is 10.4. The fourth-order valence-corrected chi connectivity index (χ4v) is 1.18. The van der Waals surface area contributed by atoms with Crippen LogP contribution in [0.2, 0.25) is 0 Å². The molecule has 0 saturated carbocycles. The molecule has 0 fully saturated rings. The molecular weight excluding hydrogens is 212 g/mol. The van der Waals surface area contributed by atoms with Gasteiger partial charge in [0.1, 0.15) is 0 Å². The summed E-state index contributed by atoms with van der Waals surface area (Å²) >= 11 is 0. The Morgan fingerprint density at radius 1 is 1.38 bits per heavy atom. The van der Waals surface area contributed by atoms with E-state index in [1.165, 1.54) is 12.1 Å². The molecule has 0 saturated heterocycles. The van der Waals surface area contributed by atoms with Crippen molar-refractivity contribution in [1.29, 1.82) is 0 Å². The lowest BCUT2D eigenvalue weighted by molar-refractivity contribution is -0.384. The molecule has 1 rings (SSSR count). The lowest BCUT2D eigenvalue weighted by Crippen LogP contribution is -2.28. The van der Waals surface area contributed by atoms with E-state index in [2.05, 4.69) is 5.32 Å². The molecule has 0 aromatic heterocycles. The van der Waals surface area contributed by atoms with Crippen molar-refractivity contribution in [3.63, 3.8) is 0 Å². The molecule has 88 valence electrons. The van der Waals surface area contributed by atoms with Gasteiger partial charge < -0.3 is 15.5 Å². The van der Waals surface area contributed by atoms with E-state index in [9.17, 15) is 10.1 Å². The average molecular weight is 226 g/mol. The van der Waals surface area contributed by atoms with Gasteiger partial charge in [0.05, 0.1) is 17.6 Å². The van der Waals surface area contributed by atoms with Crippen LogP contribution in [0.3, 0.4) is 0 Å². The molecule has 0 bridgehead atoms. The van der Waals surface area contributed by atoms with Gasteiger partial charge in [0.2, 0.25) is 0 Å². The molecule has 0 spiro atoms. The largest absolute Gasteiger partial charge is 0.394 e. The number of nitro benzene ring substituents is 1. The highest BCUT2D eigenvalue weighted by Crippen LogP contribution is 2.11. The SMILES string of the molecule is O=[N+]([O-])c1ccc(CNC[C@H](O)CO)cc1. The topological polar surface area (TPSA) is 95.6 Å². The van der Waals surface area contributed by atoms with Crippen molar-refractivity contribution in [2.24, 2.45) is 0 Å². The average Bonchev–Trinajstić information content (AvgIpc) is 2.29. The van der Waals surface area contributed by atoms with Crippen molar-refractivity contribution in [3.8, 4) is 0 Å². The predicted molar refractivity (Wildman–Crippen MR) is 57.9 cm³/mol. The first-order valence-electron chi connectivity index (χ1n) is 4.86. The molecule has 1 aromatic rings. The molecule has 6 nitrogen and oxygen atoms in total. The summed E-state index contributed by atoms with van der Waals surface area (Å²) in [6, 6.07) is 6.16. The van der Waals surface area contributed by atoms with Gasteiger partial charge in [-0.1, -0.05) is 12.1 Å². The summed E-state index contributed by atoms with van der Waals surface area (Å²) in [5, 5.41) is 30.9. The quantitative estimate of drug-likeness (QED) is 0.470. The van der Waals surface area contributed by atoms with Crippen LogP contribution in [-0.4, -0.2) is 34.4 Å². The molecule has 0 aliphatic carbocycles. The first kappa shape index (κ1) is 12.6. The van der Waals surface area contributed by atoms with E-state index < -0.39 is 11.0 Å². The van der Waals surface area contributed by atoms with Crippen molar-refractivity contribution in [3.05, 3.63) is 39.9 Å². The van der Waals surface area contributed by atoms with E-state index in [1.54, 1.807) is 12.1 Å². The second kappa shape index (κ2) is 6.16. The van der Waals surface area contributed by atoms with Gasteiger partial charge >= 0.3 is 0 Å². The van der Waals surface area contributed by atoms with Crippen LogP contribution in [0.1, 0.15) is 5.56 Å². The van der Waals surface area contributed by atoms with E-state index in [4.69, 9.17) is 10.2 Å². The predicted octanol–water partition coefficient (Wildman–Crippen LogP) is 0.0376. The molecule has 0 amide bonds. The third-order valence-corrected chi connectivity index (χ3v) is 2.07. The molecule has 1 aromatic carbocycles. The Morgan fingerprint density at radius 2 is 2.00 bits per heavy atom. The van der Waals surface area contributed by atoms with Crippen molar-refractivity contribution >= 4 is 5.69 Å². The first-order chi connectivity index (χ1) is 7.63. The summed E-state index contributed by atoms with van der Waals surface area (Å²) in [4.78, 5) is 9.93. The maximum Gasteiger partial charge on any atom is 0.269 e. The molecule has 6 heteroatoms. The van der Waals surface area contributed by atoms with Gasteiger partial charge in [-0.25, -0.2) is 0 Å². The zero-order valence-corrected chi connectivity index (χ0v) is 8.67. The Balaban J connectivity index is 2.40. The Bertz CT molecular complexity index is 339. The summed E-state index contributed by atoms with van der Waals surface area (Å²) in [6.45, 7) is 0.496. The standard InChI is InChI=1S/C10H14N2O4/c13-7-10(14)6-11-5-8-1-3-9(4-2-8)12(15)16/h1-4,10-11,13-14H,5-7H2/t10-/m0/s1. The van der Waals surface area contributed by atoms with Crippen molar-refractivity contribution < 1.29 is 15.1 Å². The smallest absolute Gasteiger partial charge is 0.269 e. The number of non-ortho nitro benzene ring substituents is 1. The number of aliphatic hydroxyl groups excluding tert-OH is 2. The second-order valence-corrected chi connectivity index (χ2v) is 3.39. The molecule has 0 heterocycles. The zero-order chi connectivity index (χ0) is 12.0. The molecule has 0 unspecified atom stereocenters. The molecule has 0 aliphatic heterocycles. The molecule has 0 radical (unpaired) electrons. The van der Waals surface area contributed by atoms with Crippen LogP contribution < -0.4 is 5.32 Å². The first-order valence-corrected chi connectivity index (χ1v) is 4.86. The van der Waals surface area contributed by atoms with Crippen LogP contribution in [0.15, 0.2) is 24.3 Å². The number of nitrogens with zero attached hydrogens (tertiary/aromatic N) is 1. The molecular formula is C10H14N2O4. The summed E-state index contributed by atoms with van der Waals surface area (Å²) in [6.07, 6.45) is -0.780.